The highest BCUT2D eigenvalue weighted by Gasteiger charge is 2.44. The summed E-state index contributed by atoms with van der Waals surface area (Å²) in [7, 11) is 3.59. The molecule has 2 amide bonds. The van der Waals surface area contributed by atoms with Gasteiger partial charge in [0.05, 0.1) is 5.41 Å². The minimum Gasteiger partial charge on any atom is -0.346 e. The van der Waals surface area contributed by atoms with Crippen LogP contribution < -0.4 is 5.32 Å². The van der Waals surface area contributed by atoms with Gasteiger partial charge in [-0.25, -0.2) is 0 Å². The van der Waals surface area contributed by atoms with E-state index in [2.05, 4.69) is 5.32 Å². The molecule has 5 heteroatoms. The van der Waals surface area contributed by atoms with Gasteiger partial charge >= 0.3 is 0 Å². The lowest BCUT2D eigenvalue weighted by atomic mass is 9.81. The number of hydrogen-bond acceptors (Lipinski definition) is 3. The van der Waals surface area contributed by atoms with E-state index in [-0.39, 0.29) is 11.8 Å². The molecule has 1 atom stereocenters. The van der Waals surface area contributed by atoms with Crippen LogP contribution >= 0.6 is 0 Å². The SMILES string of the molecule is CCN(C)C(=O)CC1(C(=O)N(C)CC)CCNC1. The van der Waals surface area contributed by atoms with Crippen LogP contribution in [0.2, 0.25) is 0 Å². The van der Waals surface area contributed by atoms with Gasteiger partial charge in [0.25, 0.3) is 0 Å². The van der Waals surface area contributed by atoms with Crippen molar-refractivity contribution in [3.05, 3.63) is 0 Å². The lowest BCUT2D eigenvalue weighted by Crippen LogP contribution is -2.46. The summed E-state index contributed by atoms with van der Waals surface area (Å²) in [5, 5.41) is 3.22. The molecule has 1 N–H and O–H groups in total. The molecule has 0 spiro atoms. The van der Waals surface area contributed by atoms with Gasteiger partial charge in [0.15, 0.2) is 0 Å². The van der Waals surface area contributed by atoms with Crippen molar-refractivity contribution in [3.8, 4) is 0 Å². The molecule has 0 saturated carbocycles. The highest BCUT2D eigenvalue weighted by molar-refractivity contribution is 5.89. The van der Waals surface area contributed by atoms with Gasteiger partial charge in [-0.05, 0) is 26.8 Å². The quantitative estimate of drug-likeness (QED) is 0.769. The molecule has 0 aliphatic carbocycles. The Kier molecular flexibility index (Phi) is 5.14. The second-order valence-electron chi connectivity index (χ2n) is 5.11. The Morgan fingerprint density at radius 1 is 1.17 bits per heavy atom. The third-order valence-corrected chi connectivity index (χ3v) is 3.91. The Morgan fingerprint density at radius 2 is 1.78 bits per heavy atom. The number of nitrogens with one attached hydrogen (secondary N) is 1. The zero-order valence-electron chi connectivity index (χ0n) is 12.0. The minimum absolute atomic E-state index is 0.0547. The van der Waals surface area contributed by atoms with Crippen LogP contribution in [0.3, 0.4) is 0 Å². The summed E-state index contributed by atoms with van der Waals surface area (Å²) < 4.78 is 0. The van der Waals surface area contributed by atoms with Crippen LogP contribution in [0.4, 0.5) is 0 Å². The average molecular weight is 255 g/mol. The van der Waals surface area contributed by atoms with E-state index in [9.17, 15) is 9.59 Å². The Bertz CT molecular complexity index is 311. The number of carbonyl (C=O) groups is 2. The molecule has 1 heterocycles. The largest absolute Gasteiger partial charge is 0.346 e. The summed E-state index contributed by atoms with van der Waals surface area (Å²) in [5.74, 6) is 0.145. The Hall–Kier alpha value is -1.10. The van der Waals surface area contributed by atoms with Gasteiger partial charge in [0.1, 0.15) is 0 Å². The number of carbonyl (C=O) groups excluding carboxylic acids is 2. The number of nitrogens with zero attached hydrogens (tertiary/aromatic N) is 2. The van der Waals surface area contributed by atoms with E-state index in [4.69, 9.17) is 0 Å². The van der Waals surface area contributed by atoms with Gasteiger partial charge in [-0.15, -0.1) is 0 Å². The summed E-state index contributed by atoms with van der Waals surface area (Å²) in [6.07, 6.45) is 1.06. The molecular formula is C13H25N3O2. The molecule has 0 aromatic rings. The fraction of sp³-hybridized carbons (Fsp3) is 0.846. The van der Waals surface area contributed by atoms with Crippen LogP contribution in [0, 0.1) is 5.41 Å². The monoisotopic (exact) mass is 255 g/mol. The van der Waals surface area contributed by atoms with Crippen molar-refractivity contribution in [2.45, 2.75) is 26.7 Å². The van der Waals surface area contributed by atoms with Crippen LogP contribution in [-0.2, 0) is 9.59 Å². The standard InChI is InChI=1S/C13H25N3O2/c1-5-15(3)11(17)9-13(7-8-14-10-13)12(18)16(4)6-2/h14H,5-10H2,1-4H3. The normalized spacial score (nSPS) is 22.9. The predicted molar refractivity (Wildman–Crippen MR) is 71.2 cm³/mol. The number of amides is 2. The molecule has 1 saturated heterocycles. The summed E-state index contributed by atoms with van der Waals surface area (Å²) in [4.78, 5) is 27.9. The molecule has 0 aromatic carbocycles. The first-order valence-corrected chi connectivity index (χ1v) is 6.67. The van der Waals surface area contributed by atoms with E-state index in [1.54, 1.807) is 23.9 Å². The van der Waals surface area contributed by atoms with Crippen molar-refractivity contribution in [1.82, 2.24) is 15.1 Å². The third kappa shape index (κ3) is 3.02. The molecule has 0 aromatic heterocycles. The maximum atomic E-state index is 12.5. The molecule has 5 nitrogen and oxygen atoms in total. The van der Waals surface area contributed by atoms with E-state index >= 15 is 0 Å². The first kappa shape index (κ1) is 15.0. The first-order chi connectivity index (χ1) is 8.46. The van der Waals surface area contributed by atoms with E-state index in [0.29, 0.717) is 26.1 Å². The van der Waals surface area contributed by atoms with Crippen molar-refractivity contribution in [3.63, 3.8) is 0 Å². The molecule has 1 aliphatic rings. The molecule has 0 radical (unpaired) electrons. The fourth-order valence-electron chi connectivity index (χ4n) is 2.30. The first-order valence-electron chi connectivity index (χ1n) is 6.67. The molecule has 1 rings (SSSR count). The summed E-state index contributed by atoms with van der Waals surface area (Å²) in [6.45, 7) is 6.68. The van der Waals surface area contributed by atoms with E-state index in [0.717, 1.165) is 13.0 Å². The molecule has 18 heavy (non-hydrogen) atoms. The maximum Gasteiger partial charge on any atom is 0.230 e. The molecule has 1 fully saturated rings. The second-order valence-corrected chi connectivity index (χ2v) is 5.11. The van der Waals surface area contributed by atoms with Crippen molar-refractivity contribution in [2.24, 2.45) is 5.41 Å². The molecule has 1 aliphatic heterocycles. The van der Waals surface area contributed by atoms with E-state index in [1.807, 2.05) is 13.8 Å². The topological polar surface area (TPSA) is 52.7 Å². The summed E-state index contributed by atoms with van der Waals surface area (Å²) in [5.41, 5.74) is -0.536. The maximum absolute atomic E-state index is 12.5. The Labute approximate surface area is 110 Å². The molecule has 1 unspecified atom stereocenters. The van der Waals surface area contributed by atoms with Crippen molar-refractivity contribution >= 4 is 11.8 Å². The van der Waals surface area contributed by atoms with Crippen LogP contribution in [0.5, 0.6) is 0 Å². The van der Waals surface area contributed by atoms with Crippen molar-refractivity contribution in [2.75, 3.05) is 40.3 Å². The van der Waals surface area contributed by atoms with Gasteiger partial charge in [-0.1, -0.05) is 0 Å². The van der Waals surface area contributed by atoms with Crippen LogP contribution in [0.15, 0.2) is 0 Å². The van der Waals surface area contributed by atoms with Gasteiger partial charge in [0, 0.05) is 40.2 Å². The number of rotatable bonds is 5. The zero-order chi connectivity index (χ0) is 13.8. The van der Waals surface area contributed by atoms with Crippen molar-refractivity contribution in [1.29, 1.82) is 0 Å². The minimum atomic E-state index is -0.536. The van der Waals surface area contributed by atoms with E-state index < -0.39 is 5.41 Å². The number of hydrogen-bond donors (Lipinski definition) is 1. The predicted octanol–water partition coefficient (Wildman–Crippen LogP) is 0.313. The van der Waals surface area contributed by atoms with Crippen molar-refractivity contribution < 1.29 is 9.59 Å². The summed E-state index contributed by atoms with van der Waals surface area (Å²) in [6, 6.07) is 0. The lowest BCUT2D eigenvalue weighted by Gasteiger charge is -2.32. The van der Waals surface area contributed by atoms with Gasteiger partial charge in [-0.3, -0.25) is 9.59 Å². The zero-order valence-corrected chi connectivity index (χ0v) is 12.0. The van der Waals surface area contributed by atoms with Gasteiger partial charge < -0.3 is 15.1 Å². The van der Waals surface area contributed by atoms with Crippen LogP contribution in [0.1, 0.15) is 26.7 Å². The molecular weight excluding hydrogens is 230 g/mol. The van der Waals surface area contributed by atoms with Gasteiger partial charge in [0.2, 0.25) is 11.8 Å². The average Bonchev–Trinajstić information content (AvgIpc) is 2.85. The van der Waals surface area contributed by atoms with Crippen LogP contribution in [-0.4, -0.2) is 61.9 Å². The lowest BCUT2D eigenvalue weighted by molar-refractivity contribution is -0.145. The fourth-order valence-corrected chi connectivity index (χ4v) is 2.30. The highest BCUT2D eigenvalue weighted by atomic mass is 16.2. The van der Waals surface area contributed by atoms with Crippen LogP contribution in [0.25, 0.3) is 0 Å². The molecule has 104 valence electrons. The summed E-state index contributed by atoms with van der Waals surface area (Å²) >= 11 is 0. The van der Waals surface area contributed by atoms with Gasteiger partial charge in [-0.2, -0.15) is 0 Å². The van der Waals surface area contributed by atoms with E-state index in [1.165, 1.54) is 0 Å². The second kappa shape index (κ2) is 6.18. The third-order valence-electron chi connectivity index (χ3n) is 3.91. The molecule has 0 bridgehead atoms. The Morgan fingerprint density at radius 3 is 2.22 bits per heavy atom. The highest BCUT2D eigenvalue weighted by Crippen LogP contribution is 2.32. The Balaban J connectivity index is 2.81. The smallest absolute Gasteiger partial charge is 0.230 e.